The lowest BCUT2D eigenvalue weighted by molar-refractivity contribution is -0.135. The number of nitrogens with one attached hydrogen (secondary N) is 1. The molecule has 0 spiro atoms. The van der Waals surface area contributed by atoms with Crippen LogP contribution >= 0.6 is 24.8 Å². The molecule has 146 valence electrons. The van der Waals surface area contributed by atoms with Gasteiger partial charge in [-0.3, -0.25) is 14.5 Å². The Morgan fingerprint density at radius 3 is 2.12 bits per heavy atom. The van der Waals surface area contributed by atoms with Crippen LogP contribution in [0.15, 0.2) is 0 Å². The molecule has 3 aliphatic rings. The number of halogens is 2. The topological polar surface area (TPSA) is 78.7 Å². The van der Waals surface area contributed by atoms with Gasteiger partial charge in [0.2, 0.25) is 11.8 Å². The predicted molar refractivity (Wildman–Crippen MR) is 103 cm³/mol. The summed E-state index contributed by atoms with van der Waals surface area (Å²) in [5.41, 5.74) is 5.41. The molecule has 0 aromatic heterocycles. The van der Waals surface area contributed by atoms with Crippen molar-refractivity contribution >= 4 is 36.6 Å². The van der Waals surface area contributed by atoms with Crippen molar-refractivity contribution in [3.63, 3.8) is 0 Å². The average Bonchev–Trinajstić information content (AvgIpc) is 3.29. The lowest BCUT2D eigenvalue weighted by atomic mass is 9.87. The van der Waals surface area contributed by atoms with Gasteiger partial charge in [-0.2, -0.15) is 0 Å². The Morgan fingerprint density at radius 1 is 1.04 bits per heavy atom. The molecule has 3 fully saturated rings. The quantitative estimate of drug-likeness (QED) is 0.749. The summed E-state index contributed by atoms with van der Waals surface area (Å²) in [6, 6.07) is 0.355. The minimum Gasteiger partial charge on any atom is -0.352 e. The highest BCUT2D eigenvalue weighted by Gasteiger charge is 2.48. The van der Waals surface area contributed by atoms with Gasteiger partial charge in [-0.05, 0) is 44.4 Å². The van der Waals surface area contributed by atoms with Crippen LogP contribution in [-0.4, -0.2) is 65.9 Å². The van der Waals surface area contributed by atoms with Crippen LogP contribution in [-0.2, 0) is 9.59 Å². The molecule has 2 amide bonds. The second-order valence-electron chi connectivity index (χ2n) is 7.75. The first-order chi connectivity index (χ1) is 11.0. The van der Waals surface area contributed by atoms with Gasteiger partial charge in [-0.15, -0.1) is 24.8 Å². The Labute approximate surface area is 163 Å². The zero-order valence-corrected chi connectivity index (χ0v) is 16.7. The molecule has 1 aliphatic heterocycles. The third kappa shape index (κ3) is 5.98. The molecule has 1 heterocycles. The van der Waals surface area contributed by atoms with E-state index in [1.165, 1.54) is 12.8 Å². The molecule has 2 aliphatic carbocycles. The van der Waals surface area contributed by atoms with E-state index in [0.29, 0.717) is 25.7 Å². The molecule has 1 saturated heterocycles. The van der Waals surface area contributed by atoms with Gasteiger partial charge in [0.25, 0.3) is 0 Å². The highest BCUT2D eigenvalue weighted by molar-refractivity contribution is 5.89. The van der Waals surface area contributed by atoms with Gasteiger partial charge in [0, 0.05) is 32.2 Å². The van der Waals surface area contributed by atoms with Gasteiger partial charge >= 0.3 is 0 Å². The first-order valence-electron chi connectivity index (χ1n) is 9.06. The van der Waals surface area contributed by atoms with Gasteiger partial charge in [0.1, 0.15) is 0 Å². The number of carbonyl (C=O) groups is 2. The summed E-state index contributed by atoms with van der Waals surface area (Å²) < 4.78 is 0. The van der Waals surface area contributed by atoms with Gasteiger partial charge < -0.3 is 16.0 Å². The molecule has 0 bridgehead atoms. The standard InChI is InChI=1S/C17H30N4O2.2ClH/c1-13-2-4-14(5-3-13)19-15(22)12-20-8-10-21(11-9-20)16(23)17(18)6-7-17;;/h13-14H,2-12,18H2,1H3,(H,19,22);2*1H. The number of hydrogen-bond acceptors (Lipinski definition) is 4. The SMILES string of the molecule is CC1CCC(NC(=O)CN2CCN(C(=O)C3(N)CC3)CC2)CC1.Cl.Cl. The summed E-state index contributed by atoms with van der Waals surface area (Å²) in [6.07, 6.45) is 6.27. The van der Waals surface area contributed by atoms with Crippen molar-refractivity contribution in [3.8, 4) is 0 Å². The van der Waals surface area contributed by atoms with Crippen molar-refractivity contribution in [1.29, 1.82) is 0 Å². The maximum absolute atomic E-state index is 12.2. The number of piperazine rings is 1. The zero-order valence-electron chi connectivity index (χ0n) is 15.0. The van der Waals surface area contributed by atoms with E-state index < -0.39 is 5.54 Å². The van der Waals surface area contributed by atoms with Gasteiger partial charge in [0.15, 0.2) is 0 Å². The molecule has 3 rings (SSSR count). The number of nitrogens with two attached hydrogens (primary N) is 1. The monoisotopic (exact) mass is 394 g/mol. The lowest BCUT2D eigenvalue weighted by Crippen LogP contribution is -2.55. The number of amides is 2. The van der Waals surface area contributed by atoms with Crippen LogP contribution < -0.4 is 11.1 Å². The van der Waals surface area contributed by atoms with Crippen LogP contribution in [0.25, 0.3) is 0 Å². The molecule has 2 saturated carbocycles. The van der Waals surface area contributed by atoms with E-state index in [1.54, 1.807) is 0 Å². The van der Waals surface area contributed by atoms with E-state index in [4.69, 9.17) is 5.73 Å². The molecule has 8 heteroatoms. The molecule has 0 aromatic carbocycles. The molecule has 0 radical (unpaired) electrons. The molecule has 0 aromatic rings. The average molecular weight is 395 g/mol. The van der Waals surface area contributed by atoms with Crippen molar-refractivity contribution < 1.29 is 9.59 Å². The Bertz CT molecular complexity index is 458. The fraction of sp³-hybridized carbons (Fsp3) is 0.882. The minimum absolute atomic E-state index is 0. The third-order valence-electron chi connectivity index (χ3n) is 5.62. The summed E-state index contributed by atoms with van der Waals surface area (Å²) in [5.74, 6) is 1.02. The van der Waals surface area contributed by atoms with Crippen molar-refractivity contribution in [1.82, 2.24) is 15.1 Å². The molecule has 0 atom stereocenters. The predicted octanol–water partition coefficient (Wildman–Crippen LogP) is 1.16. The lowest BCUT2D eigenvalue weighted by Gasteiger charge is -2.36. The van der Waals surface area contributed by atoms with Crippen LogP contribution in [0, 0.1) is 5.92 Å². The zero-order chi connectivity index (χ0) is 16.4. The fourth-order valence-corrected chi connectivity index (χ4v) is 3.65. The van der Waals surface area contributed by atoms with Crippen LogP contribution in [0.3, 0.4) is 0 Å². The Hall–Kier alpha value is -0.560. The van der Waals surface area contributed by atoms with Crippen molar-refractivity contribution in [2.24, 2.45) is 11.7 Å². The van der Waals surface area contributed by atoms with Crippen LogP contribution in [0.4, 0.5) is 0 Å². The maximum Gasteiger partial charge on any atom is 0.242 e. The van der Waals surface area contributed by atoms with Gasteiger partial charge in [-0.1, -0.05) is 6.92 Å². The molecule has 0 unspecified atom stereocenters. The van der Waals surface area contributed by atoms with E-state index >= 15 is 0 Å². The summed E-state index contributed by atoms with van der Waals surface area (Å²) >= 11 is 0. The Morgan fingerprint density at radius 2 is 1.60 bits per heavy atom. The molecular weight excluding hydrogens is 363 g/mol. The largest absolute Gasteiger partial charge is 0.352 e. The van der Waals surface area contributed by atoms with E-state index in [1.807, 2.05) is 4.90 Å². The van der Waals surface area contributed by atoms with Crippen LogP contribution in [0.2, 0.25) is 0 Å². The maximum atomic E-state index is 12.2. The normalized spacial score (nSPS) is 28.3. The summed E-state index contributed by atoms with van der Waals surface area (Å²) in [4.78, 5) is 28.4. The summed E-state index contributed by atoms with van der Waals surface area (Å²) in [5, 5.41) is 3.17. The van der Waals surface area contributed by atoms with Crippen LogP contribution in [0.5, 0.6) is 0 Å². The summed E-state index contributed by atoms with van der Waals surface area (Å²) in [6.45, 7) is 5.62. The van der Waals surface area contributed by atoms with Crippen molar-refractivity contribution in [2.45, 2.75) is 57.0 Å². The second-order valence-corrected chi connectivity index (χ2v) is 7.75. The van der Waals surface area contributed by atoms with E-state index in [2.05, 4.69) is 17.1 Å². The molecule has 3 N–H and O–H groups in total. The van der Waals surface area contributed by atoms with Gasteiger partial charge in [-0.25, -0.2) is 0 Å². The van der Waals surface area contributed by atoms with Crippen molar-refractivity contribution in [3.05, 3.63) is 0 Å². The van der Waals surface area contributed by atoms with Crippen molar-refractivity contribution in [2.75, 3.05) is 32.7 Å². The highest BCUT2D eigenvalue weighted by Crippen LogP contribution is 2.34. The minimum atomic E-state index is -0.572. The fourth-order valence-electron chi connectivity index (χ4n) is 3.65. The van der Waals surface area contributed by atoms with Gasteiger partial charge in [0.05, 0.1) is 12.1 Å². The first-order valence-corrected chi connectivity index (χ1v) is 9.06. The third-order valence-corrected chi connectivity index (χ3v) is 5.62. The molecular formula is C17H32Cl2N4O2. The number of hydrogen-bond donors (Lipinski definition) is 2. The number of nitrogens with zero attached hydrogens (tertiary/aromatic N) is 2. The highest BCUT2D eigenvalue weighted by atomic mass is 35.5. The second kappa shape index (κ2) is 9.40. The van der Waals surface area contributed by atoms with E-state index in [-0.39, 0.29) is 36.6 Å². The molecule has 25 heavy (non-hydrogen) atoms. The number of carbonyl (C=O) groups excluding carboxylic acids is 2. The smallest absolute Gasteiger partial charge is 0.242 e. The van der Waals surface area contributed by atoms with E-state index in [9.17, 15) is 9.59 Å². The number of rotatable bonds is 4. The summed E-state index contributed by atoms with van der Waals surface area (Å²) in [7, 11) is 0. The van der Waals surface area contributed by atoms with E-state index in [0.717, 1.165) is 44.7 Å². The van der Waals surface area contributed by atoms with Crippen LogP contribution in [0.1, 0.15) is 45.4 Å². The Balaban J connectivity index is 0.00000156. The Kier molecular flexibility index (Phi) is 8.45. The molecule has 6 nitrogen and oxygen atoms in total. The first kappa shape index (κ1) is 22.5.